The van der Waals surface area contributed by atoms with E-state index in [2.05, 4.69) is 5.32 Å². The van der Waals surface area contributed by atoms with Gasteiger partial charge in [-0.05, 0) is 67.4 Å². The van der Waals surface area contributed by atoms with Crippen LogP contribution in [0.5, 0.6) is 11.5 Å². The summed E-state index contributed by atoms with van der Waals surface area (Å²) in [6, 6.07) is 21.6. The highest BCUT2D eigenvalue weighted by Gasteiger charge is 2.09. The molecule has 0 aromatic heterocycles. The fourth-order valence-corrected chi connectivity index (χ4v) is 2.74. The van der Waals surface area contributed by atoms with Crippen LogP contribution in [0.2, 0.25) is 0 Å². The number of esters is 1. The number of aryl methyl sites for hydroxylation is 2. The monoisotopic (exact) mass is 389 g/mol. The Bertz CT molecular complexity index is 961. The van der Waals surface area contributed by atoms with Gasteiger partial charge in [0, 0.05) is 17.7 Å². The molecule has 0 spiro atoms. The smallest absolute Gasteiger partial charge is 0.311 e. The van der Waals surface area contributed by atoms with Gasteiger partial charge in [-0.1, -0.05) is 29.8 Å². The third kappa shape index (κ3) is 5.94. The van der Waals surface area contributed by atoms with E-state index in [0.29, 0.717) is 29.8 Å². The molecule has 0 saturated heterocycles. The maximum atomic E-state index is 12.3. The van der Waals surface area contributed by atoms with Crippen molar-refractivity contribution in [1.82, 2.24) is 0 Å². The van der Waals surface area contributed by atoms with Gasteiger partial charge >= 0.3 is 5.97 Å². The van der Waals surface area contributed by atoms with Crippen LogP contribution in [-0.2, 0) is 11.2 Å². The Hall–Kier alpha value is -3.60. The second-order valence-electron chi connectivity index (χ2n) is 6.67. The molecule has 0 aliphatic carbocycles. The van der Waals surface area contributed by atoms with E-state index in [0.717, 1.165) is 11.3 Å². The maximum absolute atomic E-state index is 12.3. The predicted octanol–water partition coefficient (Wildman–Crippen LogP) is 4.79. The van der Waals surface area contributed by atoms with Crippen molar-refractivity contribution in [2.45, 2.75) is 19.8 Å². The predicted molar refractivity (Wildman–Crippen MR) is 113 cm³/mol. The Labute approximate surface area is 170 Å². The van der Waals surface area contributed by atoms with Gasteiger partial charge in [0.25, 0.3) is 5.91 Å². The van der Waals surface area contributed by atoms with Gasteiger partial charge in [0.05, 0.1) is 7.11 Å². The molecule has 0 saturated carbocycles. The molecule has 5 heteroatoms. The molecule has 0 fully saturated rings. The van der Waals surface area contributed by atoms with Gasteiger partial charge in [-0.3, -0.25) is 9.59 Å². The summed E-state index contributed by atoms with van der Waals surface area (Å²) in [4.78, 5) is 24.4. The second kappa shape index (κ2) is 9.55. The number of benzene rings is 3. The molecule has 0 bridgehead atoms. The number of anilines is 1. The third-order valence-corrected chi connectivity index (χ3v) is 4.43. The maximum Gasteiger partial charge on any atom is 0.311 e. The second-order valence-corrected chi connectivity index (χ2v) is 6.67. The molecule has 1 amide bonds. The average molecular weight is 389 g/mol. The highest BCUT2D eigenvalue weighted by molar-refractivity contribution is 6.04. The molecule has 0 atom stereocenters. The van der Waals surface area contributed by atoms with Crippen LogP contribution in [0.4, 0.5) is 5.69 Å². The van der Waals surface area contributed by atoms with Crippen LogP contribution in [-0.4, -0.2) is 19.0 Å². The largest absolute Gasteiger partial charge is 0.497 e. The topological polar surface area (TPSA) is 64.6 Å². The number of amides is 1. The summed E-state index contributed by atoms with van der Waals surface area (Å²) in [5.74, 6) is 0.588. The van der Waals surface area contributed by atoms with Gasteiger partial charge < -0.3 is 14.8 Å². The van der Waals surface area contributed by atoms with Crippen molar-refractivity contribution in [3.8, 4) is 11.5 Å². The Balaban J connectivity index is 1.51. The van der Waals surface area contributed by atoms with E-state index in [1.54, 1.807) is 55.6 Å². The number of hydrogen-bond acceptors (Lipinski definition) is 4. The van der Waals surface area contributed by atoms with Crippen LogP contribution in [0.15, 0.2) is 72.8 Å². The molecule has 0 radical (unpaired) electrons. The molecule has 0 unspecified atom stereocenters. The number of nitrogens with one attached hydrogen (secondary N) is 1. The van der Waals surface area contributed by atoms with Gasteiger partial charge in [0.1, 0.15) is 11.5 Å². The molecule has 3 aromatic rings. The average Bonchev–Trinajstić information content (AvgIpc) is 2.74. The van der Waals surface area contributed by atoms with E-state index in [9.17, 15) is 9.59 Å². The minimum Gasteiger partial charge on any atom is -0.497 e. The Morgan fingerprint density at radius 3 is 2.07 bits per heavy atom. The van der Waals surface area contributed by atoms with Gasteiger partial charge in [-0.2, -0.15) is 0 Å². The molecule has 0 heterocycles. The summed E-state index contributed by atoms with van der Waals surface area (Å²) in [6.07, 6.45) is 0.921. The van der Waals surface area contributed by atoms with Crippen molar-refractivity contribution in [2.75, 3.05) is 12.4 Å². The van der Waals surface area contributed by atoms with Crippen LogP contribution < -0.4 is 14.8 Å². The zero-order valence-corrected chi connectivity index (χ0v) is 16.5. The lowest BCUT2D eigenvalue weighted by atomic mass is 10.1. The van der Waals surface area contributed by atoms with Gasteiger partial charge in [-0.25, -0.2) is 0 Å². The van der Waals surface area contributed by atoms with E-state index in [1.807, 2.05) is 31.2 Å². The summed E-state index contributed by atoms with van der Waals surface area (Å²) < 4.78 is 10.5. The fourth-order valence-electron chi connectivity index (χ4n) is 2.74. The van der Waals surface area contributed by atoms with E-state index in [4.69, 9.17) is 9.47 Å². The highest BCUT2D eigenvalue weighted by Crippen LogP contribution is 2.18. The Morgan fingerprint density at radius 2 is 1.45 bits per heavy atom. The highest BCUT2D eigenvalue weighted by atomic mass is 16.5. The van der Waals surface area contributed by atoms with Gasteiger partial charge in [0.2, 0.25) is 0 Å². The number of rotatable bonds is 7. The van der Waals surface area contributed by atoms with E-state index in [-0.39, 0.29) is 11.9 Å². The van der Waals surface area contributed by atoms with Gasteiger partial charge in [-0.15, -0.1) is 0 Å². The van der Waals surface area contributed by atoms with Crippen molar-refractivity contribution in [3.63, 3.8) is 0 Å². The molecular formula is C24H23NO4. The zero-order valence-electron chi connectivity index (χ0n) is 16.5. The van der Waals surface area contributed by atoms with Crippen molar-refractivity contribution in [3.05, 3.63) is 89.5 Å². The van der Waals surface area contributed by atoms with Gasteiger partial charge in [0.15, 0.2) is 0 Å². The Kier molecular flexibility index (Phi) is 6.63. The molecule has 0 aliphatic rings. The SMILES string of the molecule is COc1ccc(NC(=O)c2ccc(OC(=O)CCc3ccc(C)cc3)cc2)cc1. The summed E-state index contributed by atoms with van der Waals surface area (Å²) in [7, 11) is 1.59. The lowest BCUT2D eigenvalue weighted by molar-refractivity contribution is -0.134. The van der Waals surface area contributed by atoms with Crippen LogP contribution in [0.25, 0.3) is 0 Å². The zero-order chi connectivity index (χ0) is 20.6. The standard InChI is InChI=1S/C24H23NO4/c1-17-3-5-18(6-4-17)7-16-23(26)29-22-12-8-19(9-13-22)24(27)25-20-10-14-21(28-2)15-11-20/h3-6,8-15H,7,16H2,1-2H3,(H,25,27). The molecule has 5 nitrogen and oxygen atoms in total. The van der Waals surface area contributed by atoms with E-state index >= 15 is 0 Å². The summed E-state index contributed by atoms with van der Waals surface area (Å²) in [5, 5.41) is 2.81. The number of carbonyl (C=O) groups excluding carboxylic acids is 2. The minimum atomic E-state index is -0.305. The molecule has 0 aliphatic heterocycles. The molecule has 3 aromatic carbocycles. The third-order valence-electron chi connectivity index (χ3n) is 4.43. The number of methoxy groups -OCH3 is 1. The lowest BCUT2D eigenvalue weighted by Crippen LogP contribution is -2.12. The van der Waals surface area contributed by atoms with E-state index < -0.39 is 0 Å². The molecule has 3 rings (SSSR count). The molecule has 148 valence electrons. The van der Waals surface area contributed by atoms with Crippen molar-refractivity contribution in [2.24, 2.45) is 0 Å². The first-order valence-corrected chi connectivity index (χ1v) is 9.35. The quantitative estimate of drug-likeness (QED) is 0.466. The summed E-state index contributed by atoms with van der Waals surface area (Å²) in [5.41, 5.74) is 3.42. The normalized spacial score (nSPS) is 10.3. The first-order valence-electron chi connectivity index (χ1n) is 9.35. The molecular weight excluding hydrogens is 366 g/mol. The lowest BCUT2D eigenvalue weighted by Gasteiger charge is -2.08. The molecule has 1 N–H and O–H groups in total. The summed E-state index contributed by atoms with van der Waals surface area (Å²) in [6.45, 7) is 2.03. The number of carbonyl (C=O) groups is 2. The number of hydrogen-bond donors (Lipinski definition) is 1. The van der Waals surface area contributed by atoms with E-state index in [1.165, 1.54) is 5.56 Å². The first-order chi connectivity index (χ1) is 14.0. The Morgan fingerprint density at radius 1 is 0.828 bits per heavy atom. The van der Waals surface area contributed by atoms with Crippen LogP contribution in [0.1, 0.15) is 27.9 Å². The fraction of sp³-hybridized carbons (Fsp3) is 0.167. The first kappa shape index (κ1) is 20.1. The van der Waals surface area contributed by atoms with Crippen molar-refractivity contribution < 1.29 is 19.1 Å². The number of ether oxygens (including phenoxy) is 2. The van der Waals surface area contributed by atoms with Crippen LogP contribution >= 0.6 is 0 Å². The van der Waals surface area contributed by atoms with Crippen molar-refractivity contribution >= 4 is 17.6 Å². The van der Waals surface area contributed by atoms with Crippen LogP contribution in [0.3, 0.4) is 0 Å². The molecule has 29 heavy (non-hydrogen) atoms. The van der Waals surface area contributed by atoms with Crippen molar-refractivity contribution in [1.29, 1.82) is 0 Å². The van der Waals surface area contributed by atoms with Crippen LogP contribution in [0, 0.1) is 6.92 Å². The summed E-state index contributed by atoms with van der Waals surface area (Å²) >= 11 is 0. The minimum absolute atomic E-state index is 0.243.